The van der Waals surface area contributed by atoms with Crippen LogP contribution in [0.25, 0.3) is 0 Å². The summed E-state index contributed by atoms with van der Waals surface area (Å²) >= 11 is 0. The number of hydrogen-bond donors (Lipinski definition) is 2. The third-order valence-corrected chi connectivity index (χ3v) is 5.20. The smallest absolute Gasteiger partial charge is 0.222 e. The highest BCUT2D eigenvalue weighted by Crippen LogP contribution is 2.15. The fourth-order valence-corrected chi connectivity index (χ4v) is 3.41. The van der Waals surface area contributed by atoms with Gasteiger partial charge in [-0.25, -0.2) is 0 Å². The van der Waals surface area contributed by atoms with E-state index in [1.165, 1.54) is 16.7 Å². The molecule has 28 heavy (non-hydrogen) atoms. The van der Waals surface area contributed by atoms with Crippen LogP contribution in [-0.2, 0) is 17.9 Å². The summed E-state index contributed by atoms with van der Waals surface area (Å²) in [6.07, 6.45) is 1.67. The van der Waals surface area contributed by atoms with Gasteiger partial charge in [-0.15, -0.1) is 0 Å². The number of amides is 1. The van der Waals surface area contributed by atoms with E-state index in [4.69, 9.17) is 0 Å². The third-order valence-electron chi connectivity index (χ3n) is 5.20. The summed E-state index contributed by atoms with van der Waals surface area (Å²) in [5, 5.41) is 6.76. The van der Waals surface area contributed by atoms with Gasteiger partial charge >= 0.3 is 0 Å². The minimum Gasteiger partial charge on any atom is -0.356 e. The Balaban J connectivity index is 1.45. The molecule has 148 valence electrons. The highest BCUT2D eigenvalue weighted by molar-refractivity contribution is 5.79. The van der Waals surface area contributed by atoms with Gasteiger partial charge in [0.05, 0.1) is 0 Å². The lowest BCUT2D eigenvalue weighted by molar-refractivity contribution is -0.128. The number of carbonyl (C=O) groups excluding carboxylic acids is 1. The second-order valence-corrected chi connectivity index (χ2v) is 7.35. The molecule has 0 aromatic heterocycles. The third kappa shape index (κ3) is 5.59. The van der Waals surface area contributed by atoms with E-state index in [0.29, 0.717) is 25.4 Å². The van der Waals surface area contributed by atoms with Crippen molar-refractivity contribution < 1.29 is 4.79 Å². The van der Waals surface area contributed by atoms with Crippen LogP contribution in [0.1, 0.15) is 42.4 Å². The van der Waals surface area contributed by atoms with E-state index in [9.17, 15) is 4.79 Å². The van der Waals surface area contributed by atoms with Crippen LogP contribution < -0.4 is 10.6 Å². The van der Waals surface area contributed by atoms with Crippen LogP contribution in [0.5, 0.6) is 0 Å². The number of nitrogens with one attached hydrogen (secondary N) is 2. The number of nitrogens with zero attached hydrogens (tertiary/aromatic N) is 2. The number of benzene rings is 2. The lowest BCUT2D eigenvalue weighted by atomic mass is 10.0. The summed E-state index contributed by atoms with van der Waals surface area (Å²) in [5.74, 6) is 1.48. The van der Waals surface area contributed by atoms with Crippen molar-refractivity contribution in [2.45, 2.75) is 38.8 Å². The molecular formula is C23H30N4O. The van der Waals surface area contributed by atoms with Crippen molar-refractivity contribution in [3.63, 3.8) is 0 Å². The molecule has 2 aromatic carbocycles. The first-order valence-electron chi connectivity index (χ1n) is 10.0. The average molecular weight is 379 g/mol. The summed E-state index contributed by atoms with van der Waals surface area (Å²) in [6.45, 7) is 5.34. The molecule has 2 aromatic rings. The normalized spacial score (nSPS) is 15.6. The molecule has 1 unspecified atom stereocenters. The highest BCUT2D eigenvalue weighted by atomic mass is 16.2. The zero-order valence-corrected chi connectivity index (χ0v) is 16.8. The van der Waals surface area contributed by atoms with Crippen LogP contribution in [0.4, 0.5) is 0 Å². The number of hydrogen-bond acceptors (Lipinski definition) is 2. The molecule has 1 saturated heterocycles. The minimum absolute atomic E-state index is 0.269. The largest absolute Gasteiger partial charge is 0.356 e. The average Bonchev–Trinajstić information content (AvgIpc) is 3.14. The molecule has 1 heterocycles. The lowest BCUT2D eigenvalue weighted by Gasteiger charge is -2.17. The molecule has 1 atom stereocenters. The Hall–Kier alpha value is -2.82. The molecule has 0 spiro atoms. The maximum atomic E-state index is 11.8. The molecule has 2 N–H and O–H groups in total. The van der Waals surface area contributed by atoms with E-state index >= 15 is 0 Å². The fraction of sp³-hybridized carbons (Fsp3) is 0.391. The predicted molar refractivity (Wildman–Crippen MR) is 114 cm³/mol. The number of likely N-dealkylation sites (tertiary alicyclic amines) is 1. The van der Waals surface area contributed by atoms with Crippen LogP contribution in [0.15, 0.2) is 59.6 Å². The van der Waals surface area contributed by atoms with Gasteiger partial charge in [0.15, 0.2) is 5.96 Å². The van der Waals surface area contributed by atoms with Crippen molar-refractivity contribution >= 4 is 11.9 Å². The van der Waals surface area contributed by atoms with E-state index < -0.39 is 0 Å². The first kappa shape index (κ1) is 19.9. The molecule has 0 aliphatic carbocycles. The van der Waals surface area contributed by atoms with Crippen molar-refractivity contribution in [3.05, 3.63) is 71.3 Å². The van der Waals surface area contributed by atoms with Gasteiger partial charge in [-0.2, -0.15) is 0 Å². The Kier molecular flexibility index (Phi) is 7.06. The SMILES string of the molecule is CN=C(NCc1ccc(CN2CCCC2=O)cc1)NCC(C)c1ccccc1. The minimum atomic E-state index is 0.269. The highest BCUT2D eigenvalue weighted by Gasteiger charge is 2.19. The molecule has 0 saturated carbocycles. The number of rotatable bonds is 7. The second-order valence-electron chi connectivity index (χ2n) is 7.35. The van der Waals surface area contributed by atoms with Crippen LogP contribution in [0.3, 0.4) is 0 Å². The van der Waals surface area contributed by atoms with E-state index in [-0.39, 0.29) is 5.91 Å². The monoisotopic (exact) mass is 378 g/mol. The summed E-state index contributed by atoms with van der Waals surface area (Å²) < 4.78 is 0. The van der Waals surface area contributed by atoms with Crippen molar-refractivity contribution in [1.82, 2.24) is 15.5 Å². The van der Waals surface area contributed by atoms with Gasteiger partial charge < -0.3 is 15.5 Å². The first-order chi connectivity index (χ1) is 13.7. The van der Waals surface area contributed by atoms with E-state index in [0.717, 1.165) is 25.5 Å². The summed E-state index contributed by atoms with van der Waals surface area (Å²) in [4.78, 5) is 18.0. The maximum absolute atomic E-state index is 11.8. The quantitative estimate of drug-likeness (QED) is 0.574. The zero-order valence-electron chi connectivity index (χ0n) is 16.8. The maximum Gasteiger partial charge on any atom is 0.222 e. The standard InChI is InChI=1S/C23H30N4O/c1-18(21-7-4-3-5-8-21)15-25-23(24-2)26-16-19-10-12-20(13-11-19)17-27-14-6-9-22(27)28/h3-5,7-8,10-13,18H,6,9,14-17H2,1-2H3,(H2,24,25,26). The van der Waals surface area contributed by atoms with Crippen LogP contribution in [0, 0.1) is 0 Å². The van der Waals surface area contributed by atoms with Gasteiger partial charge in [0.2, 0.25) is 5.91 Å². The topological polar surface area (TPSA) is 56.7 Å². The van der Waals surface area contributed by atoms with Gasteiger partial charge in [0.1, 0.15) is 0 Å². The number of carbonyl (C=O) groups is 1. The second kappa shape index (κ2) is 9.93. The molecule has 0 bridgehead atoms. The van der Waals surface area contributed by atoms with Gasteiger partial charge in [0, 0.05) is 39.6 Å². The first-order valence-corrected chi connectivity index (χ1v) is 10.0. The Morgan fingerprint density at radius 1 is 1.07 bits per heavy atom. The molecular weight excluding hydrogens is 348 g/mol. The van der Waals surface area contributed by atoms with Gasteiger partial charge in [-0.3, -0.25) is 9.79 Å². The van der Waals surface area contributed by atoms with Crippen molar-refractivity contribution in [2.75, 3.05) is 20.1 Å². The predicted octanol–water partition coefficient (Wildman–Crippen LogP) is 3.28. The molecule has 3 rings (SSSR count). The van der Waals surface area contributed by atoms with Gasteiger partial charge in [-0.1, -0.05) is 61.5 Å². The zero-order chi connectivity index (χ0) is 19.8. The Labute approximate surface area is 167 Å². The van der Waals surface area contributed by atoms with Crippen molar-refractivity contribution in [1.29, 1.82) is 0 Å². The van der Waals surface area contributed by atoms with E-state index in [2.05, 4.69) is 71.1 Å². The molecule has 1 amide bonds. The van der Waals surface area contributed by atoms with E-state index in [1.807, 2.05) is 11.0 Å². The lowest BCUT2D eigenvalue weighted by Crippen LogP contribution is -2.38. The van der Waals surface area contributed by atoms with E-state index in [1.54, 1.807) is 7.05 Å². The molecule has 1 aliphatic heterocycles. The van der Waals surface area contributed by atoms with Crippen molar-refractivity contribution in [3.8, 4) is 0 Å². The Bertz CT molecular complexity index is 786. The molecule has 5 nitrogen and oxygen atoms in total. The summed E-state index contributed by atoms with van der Waals surface area (Å²) in [5.41, 5.74) is 3.69. The molecule has 1 fully saturated rings. The van der Waals surface area contributed by atoms with Crippen LogP contribution >= 0.6 is 0 Å². The van der Waals surface area contributed by atoms with Crippen LogP contribution in [-0.4, -0.2) is 36.9 Å². The molecule has 5 heteroatoms. The Morgan fingerprint density at radius 3 is 2.43 bits per heavy atom. The molecule has 1 aliphatic rings. The number of aliphatic imine (C=N–C) groups is 1. The van der Waals surface area contributed by atoms with Crippen LogP contribution in [0.2, 0.25) is 0 Å². The number of guanidine groups is 1. The van der Waals surface area contributed by atoms with Crippen molar-refractivity contribution in [2.24, 2.45) is 4.99 Å². The Morgan fingerprint density at radius 2 is 1.79 bits per heavy atom. The van der Waals surface area contributed by atoms with Gasteiger partial charge in [-0.05, 0) is 29.0 Å². The molecule has 0 radical (unpaired) electrons. The fourth-order valence-electron chi connectivity index (χ4n) is 3.41. The van der Waals surface area contributed by atoms with Gasteiger partial charge in [0.25, 0.3) is 0 Å². The summed E-state index contributed by atoms with van der Waals surface area (Å²) in [6, 6.07) is 18.9. The summed E-state index contributed by atoms with van der Waals surface area (Å²) in [7, 11) is 1.79.